The van der Waals surface area contributed by atoms with Gasteiger partial charge in [0, 0.05) is 6.42 Å². The molecule has 0 aromatic heterocycles. The molecule has 0 saturated carbocycles. The summed E-state index contributed by atoms with van der Waals surface area (Å²) in [5.74, 6) is -0.239. The summed E-state index contributed by atoms with van der Waals surface area (Å²) in [6.45, 7) is 3.62. The highest BCUT2D eigenvalue weighted by Gasteiger charge is 2.44. The molecule has 9 nitrogen and oxygen atoms in total. The number of nitrogens with one attached hydrogen (secondary N) is 1. The highest BCUT2D eigenvalue weighted by molar-refractivity contribution is 5.76. The summed E-state index contributed by atoms with van der Waals surface area (Å²) in [5.41, 5.74) is 0. The molecule has 1 fully saturated rings. The van der Waals surface area contributed by atoms with Crippen LogP contribution in [0.25, 0.3) is 0 Å². The normalized spacial score (nSPS) is 19.5. The minimum Gasteiger partial charge on any atom is -0.394 e. The summed E-state index contributed by atoms with van der Waals surface area (Å²) < 4.78 is 11.3. The quantitative estimate of drug-likeness (QED) is 0.0261. The van der Waals surface area contributed by atoms with Gasteiger partial charge in [0.05, 0.1) is 25.4 Å². The SMILES string of the molecule is CC/C=C\C/C=C\C/C=C\C/C=C\C/C=C\C/C=C\C/C=C\C/C=C\C/C=C\C/C=C\CCCCC(=O)NC(COC1OC(CO)C(O)C(O)C1O)C(O)/C=C/CC/C=C/CC/C=C/CCCCCCCCCCCCCCCCC. The van der Waals surface area contributed by atoms with E-state index in [0.717, 1.165) is 103 Å². The van der Waals surface area contributed by atoms with Crippen molar-refractivity contribution in [3.8, 4) is 0 Å². The molecule has 7 atom stereocenters. The van der Waals surface area contributed by atoms with E-state index in [1.165, 1.54) is 96.3 Å². The molecule has 0 aromatic carbocycles. The summed E-state index contributed by atoms with van der Waals surface area (Å²) in [7, 11) is 0. The Labute approximate surface area is 495 Å². The Bertz CT molecular complexity index is 1830. The molecule has 9 heteroatoms. The zero-order chi connectivity index (χ0) is 58.6. The molecule has 0 spiro atoms. The molecule has 1 amide bonds. The van der Waals surface area contributed by atoms with Crippen molar-refractivity contribution >= 4 is 5.91 Å². The fourth-order valence-electron chi connectivity index (χ4n) is 9.04. The van der Waals surface area contributed by atoms with E-state index in [0.29, 0.717) is 12.8 Å². The van der Waals surface area contributed by atoms with Gasteiger partial charge in [-0.1, -0.05) is 262 Å². The molecule has 0 aliphatic carbocycles. The van der Waals surface area contributed by atoms with Crippen LogP contribution in [0.15, 0.2) is 158 Å². The monoisotopic (exact) mass is 1120 g/mol. The van der Waals surface area contributed by atoms with E-state index >= 15 is 0 Å². The molecular formula is C72H117NO8. The molecular weight excluding hydrogens is 1010 g/mol. The van der Waals surface area contributed by atoms with Gasteiger partial charge in [-0.05, 0) is 122 Å². The number of aliphatic hydroxyl groups is 5. The molecule has 458 valence electrons. The molecule has 0 aromatic rings. The van der Waals surface area contributed by atoms with Gasteiger partial charge in [0.25, 0.3) is 0 Å². The lowest BCUT2D eigenvalue weighted by atomic mass is 9.99. The van der Waals surface area contributed by atoms with E-state index in [2.05, 4.69) is 165 Å². The lowest BCUT2D eigenvalue weighted by molar-refractivity contribution is -0.302. The number of hydrogen-bond acceptors (Lipinski definition) is 8. The highest BCUT2D eigenvalue weighted by atomic mass is 16.7. The number of carbonyl (C=O) groups excluding carboxylic acids is 1. The zero-order valence-corrected chi connectivity index (χ0v) is 51.0. The molecule has 6 N–H and O–H groups in total. The Balaban J connectivity index is 2.29. The van der Waals surface area contributed by atoms with Gasteiger partial charge >= 0.3 is 0 Å². The van der Waals surface area contributed by atoms with Crippen LogP contribution in [0.4, 0.5) is 0 Å². The van der Waals surface area contributed by atoms with Gasteiger partial charge < -0.3 is 40.3 Å². The average molecular weight is 1120 g/mol. The Morgan fingerprint density at radius 1 is 0.432 bits per heavy atom. The third kappa shape index (κ3) is 47.9. The Morgan fingerprint density at radius 3 is 1.19 bits per heavy atom. The van der Waals surface area contributed by atoms with Crippen molar-refractivity contribution < 1.29 is 39.8 Å². The average Bonchev–Trinajstić information content (AvgIpc) is 3.50. The van der Waals surface area contributed by atoms with E-state index in [9.17, 15) is 30.3 Å². The van der Waals surface area contributed by atoms with Crippen LogP contribution >= 0.6 is 0 Å². The second-order valence-electron chi connectivity index (χ2n) is 21.4. The Hall–Kier alpha value is -4.19. The smallest absolute Gasteiger partial charge is 0.220 e. The van der Waals surface area contributed by atoms with Crippen LogP contribution in [-0.4, -0.2) is 87.5 Å². The predicted octanol–water partition coefficient (Wildman–Crippen LogP) is 17.2. The number of rotatable bonds is 53. The zero-order valence-electron chi connectivity index (χ0n) is 51.0. The standard InChI is InChI=1S/C72H117NO8/c1-3-5-7-9-11-13-15-17-19-21-23-25-27-29-30-31-32-33-34-35-36-38-40-42-44-46-48-50-52-54-56-58-60-62-68(76)73-65(64-80-72-71(79)70(78)69(77)67(63-74)81-72)66(75)61-59-57-55-53-51-49-47-45-43-41-39-37-28-26-24-22-20-18-16-14-12-10-8-6-4-2/h5,7,11,13,17,19,23,25,29-30,32-33,35-36,40,42-43,45-46,48,51-54,59,61,65-67,69-72,74-75,77-79H,3-4,6,8-10,12,14-16,18,20-22,24,26-28,31,34,37-39,41,44,47,49-50,55-58,60,62-64H2,1-2H3,(H,73,76)/b7-5-,13-11-,19-17-,25-23-,30-29-,33-32-,36-35-,42-40-,45-43+,48-46-,53-51+,54-52-,61-59+. The lowest BCUT2D eigenvalue weighted by Crippen LogP contribution is -2.60. The maximum Gasteiger partial charge on any atom is 0.220 e. The summed E-state index contributed by atoms with van der Waals surface area (Å²) in [6.07, 6.45) is 86.1. The van der Waals surface area contributed by atoms with Crippen LogP contribution in [0.5, 0.6) is 0 Å². The number of aliphatic hydroxyl groups excluding tert-OH is 5. The number of unbranched alkanes of at least 4 members (excludes halogenated alkanes) is 19. The van der Waals surface area contributed by atoms with Crippen molar-refractivity contribution in [2.75, 3.05) is 13.2 Å². The minimum atomic E-state index is -1.59. The van der Waals surface area contributed by atoms with Crippen molar-refractivity contribution in [1.82, 2.24) is 5.32 Å². The summed E-state index contributed by atoms with van der Waals surface area (Å²) in [6, 6.07) is -0.866. The Morgan fingerprint density at radius 2 is 0.778 bits per heavy atom. The second-order valence-corrected chi connectivity index (χ2v) is 21.4. The molecule has 7 unspecified atom stereocenters. The molecule has 0 radical (unpaired) electrons. The first kappa shape index (κ1) is 74.8. The topological polar surface area (TPSA) is 149 Å². The largest absolute Gasteiger partial charge is 0.394 e. The fourth-order valence-corrected chi connectivity index (χ4v) is 9.04. The molecule has 1 saturated heterocycles. The van der Waals surface area contributed by atoms with Gasteiger partial charge in [-0.3, -0.25) is 4.79 Å². The number of hydrogen-bond donors (Lipinski definition) is 6. The van der Waals surface area contributed by atoms with Crippen LogP contribution < -0.4 is 5.32 Å². The first-order chi connectivity index (χ1) is 39.8. The summed E-state index contributed by atoms with van der Waals surface area (Å²) in [5, 5.41) is 54.6. The van der Waals surface area contributed by atoms with Crippen LogP contribution in [-0.2, 0) is 14.3 Å². The van der Waals surface area contributed by atoms with Gasteiger partial charge in [0.1, 0.15) is 24.4 Å². The van der Waals surface area contributed by atoms with Crippen molar-refractivity contribution in [2.24, 2.45) is 0 Å². The highest BCUT2D eigenvalue weighted by Crippen LogP contribution is 2.23. The predicted molar refractivity (Wildman–Crippen MR) is 345 cm³/mol. The van der Waals surface area contributed by atoms with Crippen LogP contribution in [0.1, 0.15) is 232 Å². The minimum absolute atomic E-state index is 0.235. The molecule has 1 heterocycles. The summed E-state index contributed by atoms with van der Waals surface area (Å²) in [4.78, 5) is 13.1. The van der Waals surface area contributed by atoms with Crippen molar-refractivity contribution in [1.29, 1.82) is 0 Å². The molecule has 1 rings (SSSR count). The van der Waals surface area contributed by atoms with Gasteiger partial charge in [-0.2, -0.15) is 0 Å². The fraction of sp³-hybridized carbons (Fsp3) is 0.625. The maximum absolute atomic E-state index is 13.1. The number of amides is 1. The Kier molecular flexibility index (Phi) is 54.5. The van der Waals surface area contributed by atoms with Crippen molar-refractivity contribution in [2.45, 2.75) is 275 Å². The number of carbonyl (C=O) groups is 1. The van der Waals surface area contributed by atoms with E-state index < -0.39 is 49.5 Å². The molecule has 0 bridgehead atoms. The van der Waals surface area contributed by atoms with Crippen molar-refractivity contribution in [3.63, 3.8) is 0 Å². The molecule has 1 aliphatic rings. The first-order valence-corrected chi connectivity index (χ1v) is 32.2. The van der Waals surface area contributed by atoms with Gasteiger partial charge in [-0.25, -0.2) is 0 Å². The third-order valence-corrected chi connectivity index (χ3v) is 14.1. The van der Waals surface area contributed by atoms with Crippen molar-refractivity contribution in [3.05, 3.63) is 158 Å². The van der Waals surface area contributed by atoms with E-state index in [1.807, 2.05) is 6.08 Å². The molecule has 1 aliphatic heterocycles. The maximum atomic E-state index is 13.1. The third-order valence-electron chi connectivity index (χ3n) is 14.1. The lowest BCUT2D eigenvalue weighted by Gasteiger charge is -2.40. The van der Waals surface area contributed by atoms with E-state index in [1.54, 1.807) is 6.08 Å². The van der Waals surface area contributed by atoms with Gasteiger partial charge in [0.2, 0.25) is 5.91 Å². The van der Waals surface area contributed by atoms with E-state index in [4.69, 9.17) is 9.47 Å². The van der Waals surface area contributed by atoms with Crippen LogP contribution in [0, 0.1) is 0 Å². The number of allylic oxidation sites excluding steroid dienone is 25. The van der Waals surface area contributed by atoms with E-state index in [-0.39, 0.29) is 18.9 Å². The van der Waals surface area contributed by atoms with Gasteiger partial charge in [0.15, 0.2) is 6.29 Å². The second kappa shape index (κ2) is 59.0. The van der Waals surface area contributed by atoms with Crippen LogP contribution in [0.3, 0.4) is 0 Å². The molecule has 81 heavy (non-hydrogen) atoms. The first-order valence-electron chi connectivity index (χ1n) is 32.2. The van der Waals surface area contributed by atoms with Crippen LogP contribution in [0.2, 0.25) is 0 Å². The number of ether oxygens (including phenoxy) is 2. The summed E-state index contributed by atoms with van der Waals surface area (Å²) >= 11 is 0. The van der Waals surface area contributed by atoms with Gasteiger partial charge in [-0.15, -0.1) is 0 Å².